The number of nitrogens with one attached hydrogen (secondary N) is 1. The van der Waals surface area contributed by atoms with Crippen LogP contribution in [0.2, 0.25) is 0 Å². The lowest BCUT2D eigenvalue weighted by Gasteiger charge is -2.16. The molecule has 0 saturated heterocycles. The second kappa shape index (κ2) is 12.7. The minimum absolute atomic E-state index is 0.523. The van der Waals surface area contributed by atoms with Crippen molar-refractivity contribution >= 4 is 23.8 Å². The molecule has 0 bridgehead atoms. The molecule has 0 aliphatic carbocycles. The van der Waals surface area contributed by atoms with Gasteiger partial charge in [-0.15, -0.1) is 0 Å². The fourth-order valence-electron chi connectivity index (χ4n) is 4.80. The summed E-state index contributed by atoms with van der Waals surface area (Å²) in [6.45, 7) is 0.523. The second-order valence-electron chi connectivity index (χ2n) is 9.51. The number of furan rings is 1. The van der Waals surface area contributed by atoms with Crippen LogP contribution in [-0.2, 0) is 0 Å². The molecule has 0 spiro atoms. The SMILES string of the molecule is C1=[N+](c2ccccc2)COc2c1cccc2-c1ccc[nH]1.COc1c(C=Nc2ccccc2)cccc1-c1ccco1. The smallest absolute Gasteiger partial charge is 0.292 e. The lowest BCUT2D eigenvalue weighted by molar-refractivity contribution is -0.476. The topological polar surface area (TPSA) is 62.8 Å². The van der Waals surface area contributed by atoms with Gasteiger partial charge in [0.15, 0.2) is 6.21 Å². The number of aromatic nitrogens is 1. The highest BCUT2D eigenvalue weighted by molar-refractivity contribution is 5.89. The normalized spacial score (nSPS) is 12.1. The molecular formula is C36H30N3O3+. The van der Waals surface area contributed by atoms with Crippen molar-refractivity contribution in [2.75, 3.05) is 13.8 Å². The number of aromatic amines is 1. The first-order chi connectivity index (χ1) is 20.8. The van der Waals surface area contributed by atoms with Crippen molar-refractivity contribution in [1.82, 2.24) is 4.98 Å². The maximum absolute atomic E-state index is 6.02. The zero-order chi connectivity index (χ0) is 28.6. The molecule has 2 aromatic heterocycles. The largest absolute Gasteiger partial charge is 0.495 e. The number of methoxy groups -OCH3 is 1. The van der Waals surface area contributed by atoms with Crippen molar-refractivity contribution in [3.63, 3.8) is 0 Å². The van der Waals surface area contributed by atoms with E-state index in [0.717, 1.165) is 56.6 Å². The Balaban J connectivity index is 0.000000150. The van der Waals surface area contributed by atoms with Gasteiger partial charge in [-0.2, -0.15) is 4.58 Å². The van der Waals surface area contributed by atoms with Crippen LogP contribution in [0.3, 0.4) is 0 Å². The zero-order valence-corrected chi connectivity index (χ0v) is 23.2. The molecule has 0 saturated carbocycles. The average molecular weight is 553 g/mol. The Hall–Kier alpha value is -5.62. The molecule has 6 heteroatoms. The van der Waals surface area contributed by atoms with Crippen LogP contribution in [0.5, 0.6) is 11.5 Å². The number of rotatable bonds is 6. The quantitative estimate of drug-likeness (QED) is 0.166. The fourth-order valence-corrected chi connectivity index (χ4v) is 4.80. The molecule has 1 N–H and O–H groups in total. The van der Waals surface area contributed by atoms with E-state index in [-0.39, 0.29) is 0 Å². The lowest BCUT2D eigenvalue weighted by atomic mass is 10.1. The Kier molecular flexibility index (Phi) is 8.04. The van der Waals surface area contributed by atoms with Crippen LogP contribution in [0.1, 0.15) is 11.1 Å². The van der Waals surface area contributed by atoms with Crippen LogP contribution in [0.15, 0.2) is 143 Å². The maximum Gasteiger partial charge on any atom is 0.292 e. The third-order valence-electron chi connectivity index (χ3n) is 6.81. The van der Waals surface area contributed by atoms with Crippen LogP contribution in [-0.4, -0.2) is 35.8 Å². The number of ether oxygens (including phenoxy) is 2. The number of para-hydroxylation sites is 4. The highest BCUT2D eigenvalue weighted by atomic mass is 16.5. The minimum Gasteiger partial charge on any atom is -0.495 e. The van der Waals surface area contributed by atoms with Gasteiger partial charge in [-0.05, 0) is 60.7 Å². The van der Waals surface area contributed by atoms with Crippen molar-refractivity contribution in [3.05, 3.63) is 145 Å². The van der Waals surface area contributed by atoms with Gasteiger partial charge in [0.2, 0.25) is 5.69 Å². The molecule has 1 aliphatic heterocycles. The van der Waals surface area contributed by atoms with Gasteiger partial charge >= 0.3 is 0 Å². The number of hydrogen-bond donors (Lipinski definition) is 1. The summed E-state index contributed by atoms with van der Waals surface area (Å²) in [5.74, 6) is 2.47. The molecule has 42 heavy (non-hydrogen) atoms. The van der Waals surface area contributed by atoms with E-state index in [0.29, 0.717) is 6.73 Å². The number of fused-ring (bicyclic) bond motifs is 1. The lowest BCUT2D eigenvalue weighted by Crippen LogP contribution is -2.21. The van der Waals surface area contributed by atoms with Crippen LogP contribution >= 0.6 is 0 Å². The third-order valence-corrected chi connectivity index (χ3v) is 6.81. The van der Waals surface area contributed by atoms with Crippen molar-refractivity contribution in [1.29, 1.82) is 0 Å². The summed E-state index contributed by atoms with van der Waals surface area (Å²) < 4.78 is 19.1. The Morgan fingerprint density at radius 3 is 2.31 bits per heavy atom. The first-order valence-electron chi connectivity index (χ1n) is 13.7. The Bertz CT molecular complexity index is 1750. The number of nitrogens with zero attached hydrogens (tertiary/aromatic N) is 2. The molecule has 7 rings (SSSR count). The van der Waals surface area contributed by atoms with Gasteiger partial charge in [0, 0.05) is 41.4 Å². The Morgan fingerprint density at radius 1 is 0.786 bits per heavy atom. The van der Waals surface area contributed by atoms with E-state index in [1.165, 1.54) is 0 Å². The standard InChI is InChI=1S/C18H15N2O.C18H15NO2/c1-2-7-15(8-3-1)20-12-14-6-4-9-16(18(14)21-13-20)17-10-5-11-19-17;1-20-18-14(13-19-15-8-3-2-4-9-15)7-5-10-16(18)17-11-6-12-21-17/h1-12,19H,13H2;2-13H,1H3/q+1;. The summed E-state index contributed by atoms with van der Waals surface area (Å²) in [6.07, 6.45) is 7.53. The highest BCUT2D eigenvalue weighted by Crippen LogP contribution is 2.34. The molecule has 4 aromatic carbocycles. The summed E-state index contributed by atoms with van der Waals surface area (Å²) >= 11 is 0. The minimum atomic E-state index is 0.523. The van der Waals surface area contributed by atoms with Crippen molar-refractivity contribution < 1.29 is 18.5 Å². The van der Waals surface area contributed by atoms with Gasteiger partial charge in [0.05, 0.1) is 30.2 Å². The fraction of sp³-hybridized carbons (Fsp3) is 0.0556. The molecule has 1 aliphatic rings. The maximum atomic E-state index is 6.02. The number of hydrogen-bond acceptors (Lipinski definition) is 4. The second-order valence-corrected chi connectivity index (χ2v) is 9.51. The van der Waals surface area contributed by atoms with E-state index in [4.69, 9.17) is 13.9 Å². The molecule has 3 heterocycles. The summed E-state index contributed by atoms with van der Waals surface area (Å²) in [4.78, 5) is 7.71. The van der Waals surface area contributed by atoms with Crippen molar-refractivity contribution in [3.8, 4) is 34.1 Å². The third kappa shape index (κ3) is 5.93. The van der Waals surface area contributed by atoms with E-state index in [1.54, 1.807) is 19.6 Å². The highest BCUT2D eigenvalue weighted by Gasteiger charge is 2.22. The van der Waals surface area contributed by atoms with Gasteiger partial charge < -0.3 is 18.9 Å². The molecule has 0 fully saturated rings. The van der Waals surface area contributed by atoms with Crippen LogP contribution in [0, 0.1) is 0 Å². The predicted octanol–water partition coefficient (Wildman–Crippen LogP) is 8.50. The van der Waals surface area contributed by atoms with E-state index >= 15 is 0 Å². The summed E-state index contributed by atoms with van der Waals surface area (Å²) in [6, 6.07) is 40.0. The van der Waals surface area contributed by atoms with E-state index in [1.807, 2.05) is 91.1 Å². The molecule has 206 valence electrons. The Morgan fingerprint density at radius 2 is 1.57 bits per heavy atom. The predicted molar refractivity (Wildman–Crippen MR) is 168 cm³/mol. The van der Waals surface area contributed by atoms with Crippen molar-refractivity contribution in [2.45, 2.75) is 0 Å². The van der Waals surface area contributed by atoms with Gasteiger partial charge in [-0.3, -0.25) is 4.99 Å². The molecule has 6 nitrogen and oxygen atoms in total. The van der Waals surface area contributed by atoms with Crippen molar-refractivity contribution in [2.24, 2.45) is 4.99 Å². The molecule has 0 radical (unpaired) electrons. The molecule has 0 amide bonds. The van der Waals surface area contributed by atoms with Crippen LogP contribution in [0.25, 0.3) is 22.6 Å². The van der Waals surface area contributed by atoms with Gasteiger partial charge in [-0.25, -0.2) is 0 Å². The monoisotopic (exact) mass is 552 g/mol. The van der Waals surface area contributed by atoms with Crippen LogP contribution < -0.4 is 9.47 Å². The van der Waals surface area contributed by atoms with E-state index < -0.39 is 0 Å². The Labute approximate surface area is 244 Å². The number of aliphatic imine (C=N–C) groups is 1. The molecule has 0 unspecified atom stereocenters. The number of benzene rings is 4. The zero-order valence-electron chi connectivity index (χ0n) is 23.2. The van der Waals surface area contributed by atoms with E-state index in [2.05, 4.69) is 57.2 Å². The molecule has 6 aromatic rings. The first kappa shape index (κ1) is 26.6. The summed E-state index contributed by atoms with van der Waals surface area (Å²) in [7, 11) is 1.65. The number of H-pyrrole nitrogens is 1. The first-order valence-corrected chi connectivity index (χ1v) is 13.7. The van der Waals surface area contributed by atoms with E-state index in [9.17, 15) is 0 Å². The van der Waals surface area contributed by atoms with Gasteiger partial charge in [-0.1, -0.05) is 48.5 Å². The summed E-state index contributed by atoms with van der Waals surface area (Å²) in [5, 5.41) is 0. The molecule has 0 atom stereocenters. The summed E-state index contributed by atoms with van der Waals surface area (Å²) in [5.41, 5.74) is 7.14. The van der Waals surface area contributed by atoms with Crippen LogP contribution in [0.4, 0.5) is 11.4 Å². The van der Waals surface area contributed by atoms with Gasteiger partial charge in [0.25, 0.3) is 6.73 Å². The van der Waals surface area contributed by atoms with Gasteiger partial charge in [0.1, 0.15) is 17.3 Å². The average Bonchev–Trinajstić information content (AvgIpc) is 3.80. The molecular weight excluding hydrogens is 522 g/mol.